The first kappa shape index (κ1) is 15.4. The molecule has 0 aromatic carbocycles. The minimum atomic E-state index is -0.363. The van der Waals surface area contributed by atoms with Gasteiger partial charge in [-0.25, -0.2) is 9.67 Å². The standard InChI is InChI=1S/C16H17N5O/c1-3-5-18-16(22)14(10-17)9-13-8-12(2)15(19-11-13)21-7-4-6-20-21/h4,6-9,11H,3,5H2,1-2H3,(H,18,22)/b14-9-. The predicted molar refractivity (Wildman–Crippen MR) is 83.0 cm³/mol. The molecule has 0 aliphatic rings. The van der Waals surface area contributed by atoms with Gasteiger partial charge < -0.3 is 5.32 Å². The number of aryl methyl sites for hydroxylation is 1. The third-order valence-corrected chi connectivity index (χ3v) is 3.00. The molecule has 0 aliphatic carbocycles. The Balaban J connectivity index is 2.26. The van der Waals surface area contributed by atoms with Crippen molar-refractivity contribution in [3.8, 4) is 11.9 Å². The Kier molecular flexibility index (Phi) is 5.04. The average Bonchev–Trinajstić information content (AvgIpc) is 3.04. The van der Waals surface area contributed by atoms with Crippen molar-refractivity contribution in [2.24, 2.45) is 0 Å². The van der Waals surface area contributed by atoms with Crippen LogP contribution in [0.4, 0.5) is 0 Å². The van der Waals surface area contributed by atoms with Crippen LogP contribution in [0, 0.1) is 18.3 Å². The summed E-state index contributed by atoms with van der Waals surface area (Å²) >= 11 is 0. The molecule has 0 bridgehead atoms. The Labute approximate surface area is 129 Å². The molecule has 0 atom stereocenters. The summed E-state index contributed by atoms with van der Waals surface area (Å²) in [5.74, 6) is 0.356. The van der Waals surface area contributed by atoms with Crippen molar-refractivity contribution in [1.29, 1.82) is 5.26 Å². The summed E-state index contributed by atoms with van der Waals surface area (Å²) in [4.78, 5) is 16.2. The van der Waals surface area contributed by atoms with Crippen molar-refractivity contribution in [2.45, 2.75) is 20.3 Å². The van der Waals surface area contributed by atoms with Gasteiger partial charge in [0.2, 0.25) is 0 Å². The second-order valence-electron chi connectivity index (χ2n) is 4.79. The van der Waals surface area contributed by atoms with E-state index in [1.54, 1.807) is 17.1 Å². The lowest BCUT2D eigenvalue weighted by molar-refractivity contribution is -0.117. The van der Waals surface area contributed by atoms with E-state index < -0.39 is 0 Å². The first-order valence-electron chi connectivity index (χ1n) is 7.02. The quantitative estimate of drug-likeness (QED) is 0.675. The van der Waals surface area contributed by atoms with E-state index in [9.17, 15) is 4.79 Å². The third kappa shape index (κ3) is 3.58. The Bertz CT molecular complexity index is 725. The van der Waals surface area contributed by atoms with Gasteiger partial charge in [-0.1, -0.05) is 6.92 Å². The molecule has 0 radical (unpaired) electrons. The number of amides is 1. The number of hydrogen-bond acceptors (Lipinski definition) is 4. The summed E-state index contributed by atoms with van der Waals surface area (Å²) in [6, 6.07) is 5.61. The number of carbonyl (C=O) groups is 1. The van der Waals surface area contributed by atoms with Crippen molar-refractivity contribution >= 4 is 12.0 Å². The minimum Gasteiger partial charge on any atom is -0.351 e. The third-order valence-electron chi connectivity index (χ3n) is 3.00. The fourth-order valence-electron chi connectivity index (χ4n) is 1.95. The zero-order valence-corrected chi connectivity index (χ0v) is 12.6. The Morgan fingerprint density at radius 1 is 1.55 bits per heavy atom. The molecule has 1 N–H and O–H groups in total. The van der Waals surface area contributed by atoms with Gasteiger partial charge >= 0.3 is 0 Å². The molecular weight excluding hydrogens is 278 g/mol. The summed E-state index contributed by atoms with van der Waals surface area (Å²) in [5, 5.41) is 15.9. The monoisotopic (exact) mass is 295 g/mol. The Hall–Kier alpha value is -2.94. The van der Waals surface area contributed by atoms with Crippen LogP contribution in [0.25, 0.3) is 11.9 Å². The average molecular weight is 295 g/mol. The lowest BCUT2D eigenvalue weighted by atomic mass is 10.1. The smallest absolute Gasteiger partial charge is 0.261 e. The maximum Gasteiger partial charge on any atom is 0.261 e. The van der Waals surface area contributed by atoms with Crippen LogP contribution in [0.3, 0.4) is 0 Å². The number of aromatic nitrogens is 3. The summed E-state index contributed by atoms with van der Waals surface area (Å²) in [6.45, 7) is 4.41. The van der Waals surface area contributed by atoms with Gasteiger partial charge in [-0.3, -0.25) is 4.79 Å². The van der Waals surface area contributed by atoms with E-state index in [1.807, 2.05) is 38.2 Å². The number of hydrogen-bond donors (Lipinski definition) is 1. The number of nitriles is 1. The highest BCUT2D eigenvalue weighted by atomic mass is 16.1. The number of carbonyl (C=O) groups excluding carboxylic acids is 1. The van der Waals surface area contributed by atoms with E-state index in [0.717, 1.165) is 17.8 Å². The minimum absolute atomic E-state index is 0.0708. The SMILES string of the molecule is CCCNC(=O)/C(C#N)=C\c1cnc(-n2cccn2)c(C)c1. The van der Waals surface area contributed by atoms with Gasteiger partial charge in [-0.15, -0.1) is 0 Å². The first-order valence-corrected chi connectivity index (χ1v) is 7.02. The van der Waals surface area contributed by atoms with Crippen LogP contribution in [0.5, 0.6) is 0 Å². The molecule has 6 nitrogen and oxygen atoms in total. The van der Waals surface area contributed by atoms with E-state index in [4.69, 9.17) is 5.26 Å². The molecule has 6 heteroatoms. The molecule has 112 valence electrons. The van der Waals surface area contributed by atoms with Gasteiger partial charge in [0.15, 0.2) is 5.82 Å². The predicted octanol–water partition coefficient (Wildman–Crippen LogP) is 2.01. The molecular formula is C16H17N5O. The van der Waals surface area contributed by atoms with Gasteiger partial charge in [0.25, 0.3) is 5.91 Å². The lowest BCUT2D eigenvalue weighted by Crippen LogP contribution is -2.25. The number of rotatable bonds is 5. The molecule has 0 spiro atoms. The first-order chi connectivity index (χ1) is 10.7. The molecule has 0 unspecified atom stereocenters. The van der Waals surface area contributed by atoms with Crippen LogP contribution in [0.2, 0.25) is 0 Å². The molecule has 2 heterocycles. The van der Waals surface area contributed by atoms with Crippen LogP contribution in [0.1, 0.15) is 24.5 Å². The van der Waals surface area contributed by atoms with Crippen molar-refractivity contribution in [2.75, 3.05) is 6.54 Å². The Morgan fingerprint density at radius 2 is 2.36 bits per heavy atom. The van der Waals surface area contributed by atoms with Crippen LogP contribution in [-0.2, 0) is 4.79 Å². The molecule has 2 aromatic heterocycles. The van der Waals surface area contributed by atoms with E-state index in [1.165, 1.54) is 6.08 Å². The maximum absolute atomic E-state index is 11.8. The lowest BCUT2D eigenvalue weighted by Gasteiger charge is -2.06. The second kappa shape index (κ2) is 7.18. The summed E-state index contributed by atoms with van der Waals surface area (Å²) in [7, 11) is 0. The molecule has 2 aromatic rings. The van der Waals surface area contributed by atoms with Gasteiger partial charge in [-0.05, 0) is 42.7 Å². The van der Waals surface area contributed by atoms with Crippen LogP contribution < -0.4 is 5.32 Å². The van der Waals surface area contributed by atoms with Gasteiger partial charge in [-0.2, -0.15) is 10.4 Å². The molecule has 0 aliphatic heterocycles. The van der Waals surface area contributed by atoms with E-state index in [2.05, 4.69) is 15.4 Å². The van der Waals surface area contributed by atoms with E-state index in [0.29, 0.717) is 12.1 Å². The summed E-state index contributed by atoms with van der Waals surface area (Å²) in [5.41, 5.74) is 1.68. The zero-order chi connectivity index (χ0) is 15.9. The summed E-state index contributed by atoms with van der Waals surface area (Å²) < 4.78 is 1.67. The van der Waals surface area contributed by atoms with E-state index >= 15 is 0 Å². The van der Waals surface area contributed by atoms with Crippen LogP contribution >= 0.6 is 0 Å². The number of nitrogens with zero attached hydrogens (tertiary/aromatic N) is 4. The zero-order valence-electron chi connectivity index (χ0n) is 12.6. The largest absolute Gasteiger partial charge is 0.351 e. The summed E-state index contributed by atoms with van der Waals surface area (Å²) in [6.07, 6.45) is 7.47. The molecule has 0 saturated heterocycles. The van der Waals surface area contributed by atoms with Crippen molar-refractivity contribution in [3.63, 3.8) is 0 Å². The Morgan fingerprint density at radius 3 is 2.95 bits per heavy atom. The fraction of sp³-hybridized carbons (Fsp3) is 0.250. The highest BCUT2D eigenvalue weighted by molar-refractivity contribution is 6.01. The molecule has 1 amide bonds. The van der Waals surface area contributed by atoms with Crippen LogP contribution in [-0.4, -0.2) is 27.2 Å². The highest BCUT2D eigenvalue weighted by Crippen LogP contribution is 2.14. The second-order valence-corrected chi connectivity index (χ2v) is 4.79. The van der Waals surface area contributed by atoms with Crippen molar-refractivity contribution in [1.82, 2.24) is 20.1 Å². The maximum atomic E-state index is 11.8. The highest BCUT2D eigenvalue weighted by Gasteiger charge is 2.09. The van der Waals surface area contributed by atoms with Gasteiger partial charge in [0, 0.05) is 25.1 Å². The molecule has 0 saturated carbocycles. The topological polar surface area (TPSA) is 83.6 Å². The molecule has 2 rings (SSSR count). The fourth-order valence-corrected chi connectivity index (χ4v) is 1.95. The number of nitrogens with one attached hydrogen (secondary N) is 1. The molecule has 0 fully saturated rings. The normalized spacial score (nSPS) is 11.0. The van der Waals surface area contributed by atoms with Crippen molar-refractivity contribution < 1.29 is 4.79 Å². The molecule has 22 heavy (non-hydrogen) atoms. The van der Waals surface area contributed by atoms with Gasteiger partial charge in [0.1, 0.15) is 11.6 Å². The van der Waals surface area contributed by atoms with Crippen molar-refractivity contribution in [3.05, 3.63) is 47.4 Å². The van der Waals surface area contributed by atoms with E-state index in [-0.39, 0.29) is 11.5 Å². The van der Waals surface area contributed by atoms with Crippen LogP contribution in [0.15, 0.2) is 36.3 Å². The van der Waals surface area contributed by atoms with Gasteiger partial charge in [0.05, 0.1) is 0 Å². The number of pyridine rings is 1.